The van der Waals surface area contributed by atoms with Gasteiger partial charge in [-0.1, -0.05) is 35.9 Å². The first-order chi connectivity index (χ1) is 10.2. The van der Waals surface area contributed by atoms with Gasteiger partial charge in [0.25, 0.3) is 0 Å². The van der Waals surface area contributed by atoms with Crippen LogP contribution in [0.5, 0.6) is 11.5 Å². The number of aryl methyl sites for hydroxylation is 1. The molecule has 2 aromatic rings. The first-order valence-corrected chi connectivity index (χ1v) is 6.96. The van der Waals surface area contributed by atoms with Gasteiger partial charge >= 0.3 is 0 Å². The first kappa shape index (κ1) is 14.9. The molecule has 21 heavy (non-hydrogen) atoms. The Kier molecular flexibility index (Phi) is 5.22. The fourth-order valence-electron chi connectivity index (χ4n) is 2.09. The molecule has 0 spiro atoms. The van der Waals surface area contributed by atoms with Crippen LogP contribution in [-0.2, 0) is 0 Å². The maximum absolute atomic E-state index is 9.30. The third-order valence-electron chi connectivity index (χ3n) is 3.35. The number of benzene rings is 2. The van der Waals surface area contributed by atoms with Crippen LogP contribution in [0.4, 0.5) is 0 Å². The predicted molar refractivity (Wildman–Crippen MR) is 82.6 cm³/mol. The van der Waals surface area contributed by atoms with Crippen molar-refractivity contribution in [3.05, 3.63) is 59.7 Å². The number of methoxy groups -OCH3 is 1. The molecule has 0 saturated heterocycles. The second kappa shape index (κ2) is 7.35. The van der Waals surface area contributed by atoms with E-state index in [0.29, 0.717) is 13.0 Å². The smallest absolute Gasteiger partial charge is 0.122 e. The largest absolute Gasteiger partial charge is 0.497 e. The van der Waals surface area contributed by atoms with E-state index in [0.717, 1.165) is 17.1 Å². The first-order valence-electron chi connectivity index (χ1n) is 6.96. The summed E-state index contributed by atoms with van der Waals surface area (Å²) in [5, 5.41) is 9.30. The minimum Gasteiger partial charge on any atom is -0.497 e. The Labute approximate surface area is 125 Å². The van der Waals surface area contributed by atoms with E-state index in [2.05, 4.69) is 6.07 Å². The third kappa shape index (κ3) is 4.25. The molecule has 0 heterocycles. The summed E-state index contributed by atoms with van der Waals surface area (Å²) in [5.41, 5.74) is 2.24. The van der Waals surface area contributed by atoms with Gasteiger partial charge in [0.05, 0.1) is 25.7 Å². The number of rotatable bonds is 6. The third-order valence-corrected chi connectivity index (χ3v) is 3.35. The number of nitrogens with zero attached hydrogens (tertiary/aromatic N) is 1. The quantitative estimate of drug-likeness (QED) is 0.801. The zero-order valence-electron chi connectivity index (χ0n) is 12.4. The molecule has 0 aliphatic rings. The maximum Gasteiger partial charge on any atom is 0.122 e. The molecule has 2 rings (SSSR count). The second-order valence-electron chi connectivity index (χ2n) is 4.91. The molecule has 0 amide bonds. The van der Waals surface area contributed by atoms with Crippen LogP contribution >= 0.6 is 0 Å². The summed E-state index contributed by atoms with van der Waals surface area (Å²) in [6.07, 6.45) is 0.663. The van der Waals surface area contributed by atoms with Gasteiger partial charge in [-0.25, -0.2) is 0 Å². The molecule has 3 heteroatoms. The van der Waals surface area contributed by atoms with Crippen LogP contribution in [0.1, 0.15) is 23.5 Å². The zero-order valence-corrected chi connectivity index (χ0v) is 12.4. The van der Waals surface area contributed by atoms with Gasteiger partial charge in [0.2, 0.25) is 0 Å². The molecule has 0 aliphatic carbocycles. The summed E-state index contributed by atoms with van der Waals surface area (Å²) in [4.78, 5) is 0. The molecule has 0 N–H and O–H groups in total. The lowest BCUT2D eigenvalue weighted by Crippen LogP contribution is -2.04. The lowest BCUT2D eigenvalue weighted by atomic mass is 9.97. The Morgan fingerprint density at radius 1 is 1.10 bits per heavy atom. The van der Waals surface area contributed by atoms with E-state index in [1.165, 1.54) is 5.56 Å². The summed E-state index contributed by atoms with van der Waals surface area (Å²) in [7, 11) is 1.63. The van der Waals surface area contributed by atoms with Crippen LogP contribution in [0.2, 0.25) is 0 Å². The SMILES string of the molecule is COc1cccc(OCCC(C#N)c2ccc(C)cc2)c1. The second-order valence-corrected chi connectivity index (χ2v) is 4.91. The van der Waals surface area contributed by atoms with Gasteiger partial charge in [0.15, 0.2) is 0 Å². The summed E-state index contributed by atoms with van der Waals surface area (Å²) in [6, 6.07) is 17.9. The number of hydrogen-bond donors (Lipinski definition) is 0. The monoisotopic (exact) mass is 281 g/mol. The molecule has 3 nitrogen and oxygen atoms in total. The van der Waals surface area contributed by atoms with Gasteiger partial charge in [-0.15, -0.1) is 0 Å². The van der Waals surface area contributed by atoms with Gasteiger partial charge in [0.1, 0.15) is 11.5 Å². The molecule has 0 aliphatic heterocycles. The normalized spacial score (nSPS) is 11.5. The maximum atomic E-state index is 9.30. The molecular weight excluding hydrogens is 262 g/mol. The Balaban J connectivity index is 1.91. The Bertz CT molecular complexity index is 614. The van der Waals surface area contributed by atoms with E-state index < -0.39 is 0 Å². The molecule has 1 atom stereocenters. The molecule has 1 unspecified atom stereocenters. The highest BCUT2D eigenvalue weighted by Gasteiger charge is 2.10. The predicted octanol–water partition coefficient (Wildman–Crippen LogP) is 4.08. The molecule has 0 bridgehead atoms. The van der Waals surface area contributed by atoms with Crippen LogP contribution in [0.15, 0.2) is 48.5 Å². The number of nitriles is 1. The minimum absolute atomic E-state index is 0.142. The lowest BCUT2D eigenvalue weighted by Gasteiger charge is -2.11. The fourth-order valence-corrected chi connectivity index (χ4v) is 2.09. The Hall–Kier alpha value is -2.47. The molecule has 0 saturated carbocycles. The van der Waals surface area contributed by atoms with Crippen LogP contribution < -0.4 is 9.47 Å². The molecule has 2 aromatic carbocycles. The van der Waals surface area contributed by atoms with Crippen LogP contribution in [0, 0.1) is 18.3 Å². The summed E-state index contributed by atoms with van der Waals surface area (Å²) < 4.78 is 10.8. The molecule has 0 radical (unpaired) electrons. The average molecular weight is 281 g/mol. The van der Waals surface area contributed by atoms with Crippen molar-refractivity contribution in [2.45, 2.75) is 19.3 Å². The van der Waals surface area contributed by atoms with Crippen molar-refractivity contribution in [1.29, 1.82) is 5.26 Å². The van der Waals surface area contributed by atoms with Crippen molar-refractivity contribution in [3.8, 4) is 17.6 Å². The van der Waals surface area contributed by atoms with Crippen LogP contribution in [-0.4, -0.2) is 13.7 Å². The molecule has 0 aromatic heterocycles. The van der Waals surface area contributed by atoms with Crippen LogP contribution in [0.3, 0.4) is 0 Å². The molecular formula is C18H19NO2. The van der Waals surface area contributed by atoms with E-state index in [1.807, 2.05) is 55.5 Å². The summed E-state index contributed by atoms with van der Waals surface area (Å²) in [5.74, 6) is 1.38. The topological polar surface area (TPSA) is 42.2 Å². The van der Waals surface area contributed by atoms with E-state index in [9.17, 15) is 5.26 Å². The van der Waals surface area contributed by atoms with Gasteiger partial charge in [-0.05, 0) is 24.6 Å². The Morgan fingerprint density at radius 3 is 2.48 bits per heavy atom. The van der Waals surface area contributed by atoms with E-state index >= 15 is 0 Å². The van der Waals surface area contributed by atoms with Crippen molar-refractivity contribution in [3.63, 3.8) is 0 Å². The molecule has 0 fully saturated rings. The highest BCUT2D eigenvalue weighted by atomic mass is 16.5. The summed E-state index contributed by atoms with van der Waals surface area (Å²) >= 11 is 0. The van der Waals surface area contributed by atoms with E-state index in [4.69, 9.17) is 9.47 Å². The van der Waals surface area contributed by atoms with E-state index in [-0.39, 0.29) is 5.92 Å². The minimum atomic E-state index is -0.142. The van der Waals surface area contributed by atoms with E-state index in [1.54, 1.807) is 7.11 Å². The van der Waals surface area contributed by atoms with Crippen molar-refractivity contribution in [2.24, 2.45) is 0 Å². The van der Waals surface area contributed by atoms with Gasteiger partial charge in [0, 0.05) is 12.5 Å². The van der Waals surface area contributed by atoms with Gasteiger partial charge in [-0.3, -0.25) is 0 Å². The van der Waals surface area contributed by atoms with Crippen molar-refractivity contribution in [2.75, 3.05) is 13.7 Å². The average Bonchev–Trinajstić information content (AvgIpc) is 2.53. The van der Waals surface area contributed by atoms with Crippen molar-refractivity contribution in [1.82, 2.24) is 0 Å². The zero-order chi connectivity index (χ0) is 15.1. The standard InChI is InChI=1S/C18H19NO2/c1-14-6-8-15(9-7-14)16(13-19)10-11-21-18-5-3-4-17(12-18)20-2/h3-9,12,16H,10-11H2,1-2H3. The van der Waals surface area contributed by atoms with Gasteiger partial charge < -0.3 is 9.47 Å². The molecule has 108 valence electrons. The lowest BCUT2D eigenvalue weighted by molar-refractivity contribution is 0.303. The van der Waals surface area contributed by atoms with Gasteiger partial charge in [-0.2, -0.15) is 5.26 Å². The summed E-state index contributed by atoms with van der Waals surface area (Å²) in [6.45, 7) is 2.54. The van der Waals surface area contributed by atoms with Crippen LogP contribution in [0.25, 0.3) is 0 Å². The highest BCUT2D eigenvalue weighted by Crippen LogP contribution is 2.22. The van der Waals surface area contributed by atoms with Crippen molar-refractivity contribution >= 4 is 0 Å². The Morgan fingerprint density at radius 2 is 1.81 bits per heavy atom. The van der Waals surface area contributed by atoms with Crippen molar-refractivity contribution < 1.29 is 9.47 Å². The highest BCUT2D eigenvalue weighted by molar-refractivity contribution is 5.33. The number of hydrogen-bond acceptors (Lipinski definition) is 3. The number of ether oxygens (including phenoxy) is 2. The fraction of sp³-hybridized carbons (Fsp3) is 0.278.